The fourth-order valence-corrected chi connectivity index (χ4v) is 70.5. The van der Waals surface area contributed by atoms with Crippen molar-refractivity contribution in [1.82, 2.24) is 0 Å². The summed E-state index contributed by atoms with van der Waals surface area (Å²) in [6.45, 7) is 39.8. The maximum atomic E-state index is 8.26. The van der Waals surface area contributed by atoms with Gasteiger partial charge in [-0.2, -0.15) is 0 Å². The molecule has 180 valence electrons. The summed E-state index contributed by atoms with van der Waals surface area (Å²) in [7, 11) is -8.69. The van der Waals surface area contributed by atoms with E-state index < -0.39 is 31.3 Å². The third-order valence-corrected chi connectivity index (χ3v) is 55.2. The van der Waals surface area contributed by atoms with Crippen LogP contribution in [0.5, 0.6) is 0 Å². The van der Waals surface area contributed by atoms with Crippen LogP contribution in [-0.4, -0.2) is 31.3 Å². The fraction of sp³-hybridized carbons (Fsp3) is 1.00. The van der Waals surface area contributed by atoms with E-state index in [9.17, 15) is 0 Å². The molecular weight excluding hydrogens is 433 g/mol. The Morgan fingerprint density at radius 1 is 0.267 bits per heavy atom. The van der Waals surface area contributed by atoms with E-state index in [1.54, 1.807) is 0 Å². The summed E-state index contributed by atoms with van der Waals surface area (Å²) in [5.41, 5.74) is 4.81. The third-order valence-electron chi connectivity index (χ3n) is 8.76. The molecule has 1 heterocycles. The minimum absolute atomic E-state index is 0.602. The van der Waals surface area contributed by atoms with Gasteiger partial charge in [0.2, 0.25) is 31.3 Å². The molecule has 0 aromatic rings. The van der Waals surface area contributed by atoms with Gasteiger partial charge in [0, 0.05) is 0 Å². The maximum Gasteiger partial charge on any atom is 0.203 e. The molecule has 0 N–H and O–H groups in total. The molecular formula is C24H56O2Si4. The molecule has 0 spiro atoms. The van der Waals surface area contributed by atoms with Gasteiger partial charge in [-0.05, 0) is 44.3 Å². The van der Waals surface area contributed by atoms with E-state index in [1.165, 1.54) is 0 Å². The van der Waals surface area contributed by atoms with Crippen LogP contribution in [0.4, 0.5) is 0 Å². The van der Waals surface area contributed by atoms with E-state index in [0.29, 0.717) is 44.3 Å². The van der Waals surface area contributed by atoms with Gasteiger partial charge in [-0.3, -0.25) is 0 Å². The lowest BCUT2D eigenvalue weighted by Crippen LogP contribution is -2.90. The van der Waals surface area contributed by atoms with Gasteiger partial charge in [-0.25, -0.2) is 0 Å². The average molecular weight is 489 g/mol. The second kappa shape index (κ2) is 9.57. The summed E-state index contributed by atoms with van der Waals surface area (Å²) < 4.78 is 16.5. The second-order valence-electron chi connectivity index (χ2n) is 12.6. The molecule has 6 heteroatoms. The SMILES string of the molecule is CC(C)[Si]1(C(C)C)O[Si](C(C)C)(C(C)C)[Si](C(C)C)(C(C)C)O[Si]1(C(C)C)C(C)C. The Balaban J connectivity index is 4.27. The first-order chi connectivity index (χ1) is 13.5. The molecule has 1 aliphatic rings. The third kappa shape index (κ3) is 3.58. The van der Waals surface area contributed by atoms with Gasteiger partial charge >= 0.3 is 0 Å². The summed E-state index contributed by atoms with van der Waals surface area (Å²) in [4.78, 5) is 0. The summed E-state index contributed by atoms with van der Waals surface area (Å²) in [6, 6.07) is 0. The van der Waals surface area contributed by atoms with Gasteiger partial charge in [0.15, 0.2) is 0 Å². The van der Waals surface area contributed by atoms with Gasteiger partial charge in [0.05, 0.1) is 0 Å². The molecule has 1 fully saturated rings. The lowest BCUT2D eigenvalue weighted by atomic mass is 10.5. The molecule has 0 atom stereocenters. The summed E-state index contributed by atoms with van der Waals surface area (Å²) in [5, 5.41) is 0. The second-order valence-corrected chi connectivity index (χ2v) is 39.2. The predicted octanol–water partition coefficient (Wildman–Crippen LogP) is 9.25. The van der Waals surface area contributed by atoms with Crippen molar-refractivity contribution in [3.63, 3.8) is 0 Å². The minimum Gasteiger partial charge on any atom is -0.455 e. The quantitative estimate of drug-likeness (QED) is 0.317. The zero-order valence-electron chi connectivity index (χ0n) is 23.4. The van der Waals surface area contributed by atoms with Crippen molar-refractivity contribution in [2.75, 3.05) is 0 Å². The lowest BCUT2D eigenvalue weighted by molar-refractivity contribution is 0.393. The van der Waals surface area contributed by atoms with Crippen molar-refractivity contribution in [3.05, 3.63) is 0 Å². The van der Waals surface area contributed by atoms with E-state index >= 15 is 0 Å². The lowest BCUT2D eigenvalue weighted by Gasteiger charge is -2.71. The Morgan fingerprint density at radius 3 is 0.433 bits per heavy atom. The Morgan fingerprint density at radius 2 is 0.367 bits per heavy atom. The zero-order chi connectivity index (χ0) is 24.0. The molecule has 0 saturated carbocycles. The minimum atomic E-state index is -2.17. The molecule has 0 radical (unpaired) electrons. The number of rotatable bonds is 8. The first-order valence-electron chi connectivity index (χ1n) is 12.9. The Bertz CT molecular complexity index is 438. The standard InChI is InChI=1S/C24H56O2Si4/c1-17(2)27(18(3)4)25-29(21(9)10,22(11)12)30(23(13)14,24(15)16)26-28(27,19(5)6)20(7)8/h17-24H,1-16H3. The highest BCUT2D eigenvalue weighted by Gasteiger charge is 2.79. The van der Waals surface area contributed by atoms with Crippen molar-refractivity contribution in [1.29, 1.82) is 0 Å². The molecule has 0 amide bonds. The molecule has 0 aromatic heterocycles. The van der Waals surface area contributed by atoms with E-state index in [-0.39, 0.29) is 0 Å². The van der Waals surface area contributed by atoms with Gasteiger partial charge < -0.3 is 8.23 Å². The van der Waals surface area contributed by atoms with Gasteiger partial charge in [-0.1, -0.05) is 111 Å². The van der Waals surface area contributed by atoms with E-state index in [4.69, 9.17) is 8.23 Å². The molecule has 2 nitrogen and oxygen atoms in total. The van der Waals surface area contributed by atoms with Crippen molar-refractivity contribution in [2.45, 2.75) is 155 Å². The van der Waals surface area contributed by atoms with Crippen LogP contribution in [0.15, 0.2) is 0 Å². The fourth-order valence-electron chi connectivity index (χ4n) is 8.10. The normalized spacial score (nSPS) is 23.2. The van der Waals surface area contributed by atoms with Crippen LogP contribution in [0, 0.1) is 0 Å². The zero-order valence-corrected chi connectivity index (χ0v) is 27.4. The van der Waals surface area contributed by atoms with Crippen LogP contribution < -0.4 is 0 Å². The van der Waals surface area contributed by atoms with E-state index in [2.05, 4.69) is 111 Å². The van der Waals surface area contributed by atoms with Crippen molar-refractivity contribution in [2.24, 2.45) is 0 Å². The summed E-state index contributed by atoms with van der Waals surface area (Å²) in [5.74, 6) is 0. The first-order valence-corrected chi connectivity index (χ1v) is 23.1. The average Bonchev–Trinajstić information content (AvgIpc) is 2.57. The van der Waals surface area contributed by atoms with Gasteiger partial charge in [0.1, 0.15) is 0 Å². The van der Waals surface area contributed by atoms with Crippen LogP contribution in [-0.2, 0) is 8.23 Å². The molecule has 0 unspecified atom stereocenters. The summed E-state index contributed by atoms with van der Waals surface area (Å²) >= 11 is 0. The number of hydrogen-bond donors (Lipinski definition) is 0. The molecule has 0 bridgehead atoms. The molecule has 1 saturated heterocycles. The predicted molar refractivity (Wildman–Crippen MR) is 146 cm³/mol. The topological polar surface area (TPSA) is 18.5 Å². The molecule has 30 heavy (non-hydrogen) atoms. The Labute approximate surface area is 194 Å². The highest BCUT2D eigenvalue weighted by Crippen LogP contribution is 2.64. The van der Waals surface area contributed by atoms with Crippen molar-refractivity contribution < 1.29 is 8.23 Å². The smallest absolute Gasteiger partial charge is 0.203 e. The largest absolute Gasteiger partial charge is 0.455 e. The first kappa shape index (κ1) is 28.8. The van der Waals surface area contributed by atoms with Gasteiger partial charge in [0.25, 0.3) is 0 Å². The Kier molecular flexibility index (Phi) is 9.19. The van der Waals surface area contributed by atoms with Crippen molar-refractivity contribution in [3.8, 4) is 0 Å². The Hall–Kier alpha value is 0.788. The monoisotopic (exact) mass is 488 g/mol. The van der Waals surface area contributed by atoms with Crippen LogP contribution in [0.2, 0.25) is 44.3 Å². The van der Waals surface area contributed by atoms with Gasteiger partial charge in [-0.15, -0.1) is 0 Å². The highest BCUT2D eigenvalue weighted by atomic mass is 29.4. The van der Waals surface area contributed by atoms with Crippen LogP contribution >= 0.6 is 0 Å². The van der Waals surface area contributed by atoms with E-state index in [1.807, 2.05) is 0 Å². The van der Waals surface area contributed by atoms with E-state index in [0.717, 1.165) is 0 Å². The van der Waals surface area contributed by atoms with Crippen LogP contribution in [0.25, 0.3) is 0 Å². The molecule has 0 aliphatic carbocycles. The molecule has 1 aliphatic heterocycles. The molecule has 1 rings (SSSR count). The van der Waals surface area contributed by atoms with Crippen molar-refractivity contribution >= 4 is 31.3 Å². The summed E-state index contributed by atoms with van der Waals surface area (Å²) in [6.07, 6.45) is 0. The maximum absolute atomic E-state index is 8.26. The number of hydrogen-bond acceptors (Lipinski definition) is 2. The highest BCUT2D eigenvalue weighted by molar-refractivity contribution is 7.52. The van der Waals surface area contributed by atoms with Crippen LogP contribution in [0.3, 0.4) is 0 Å². The molecule has 0 aromatic carbocycles. The van der Waals surface area contributed by atoms with Crippen LogP contribution in [0.1, 0.15) is 111 Å².